The summed E-state index contributed by atoms with van der Waals surface area (Å²) in [5.74, 6) is 6.66. The highest BCUT2D eigenvalue weighted by Crippen LogP contribution is 2.23. The molecular formula is C23H31N. The molecule has 24 heavy (non-hydrogen) atoms. The van der Waals surface area contributed by atoms with Crippen LogP contribution in [0.5, 0.6) is 0 Å². The van der Waals surface area contributed by atoms with Crippen molar-refractivity contribution in [2.24, 2.45) is 5.92 Å². The van der Waals surface area contributed by atoms with Crippen LogP contribution in [0.3, 0.4) is 0 Å². The number of nitrogens with zero attached hydrogens (tertiary/aromatic N) is 1. The van der Waals surface area contributed by atoms with Crippen molar-refractivity contribution in [3.63, 3.8) is 0 Å². The van der Waals surface area contributed by atoms with Crippen LogP contribution in [0.4, 0.5) is 0 Å². The third kappa shape index (κ3) is 6.22. The zero-order valence-corrected chi connectivity index (χ0v) is 16.1. The van der Waals surface area contributed by atoms with Crippen LogP contribution in [-0.2, 0) is 6.54 Å². The minimum absolute atomic E-state index is 0.432. The van der Waals surface area contributed by atoms with Crippen molar-refractivity contribution in [1.29, 1.82) is 0 Å². The van der Waals surface area contributed by atoms with Gasteiger partial charge in [-0.2, -0.15) is 0 Å². The van der Waals surface area contributed by atoms with Crippen LogP contribution in [0, 0.1) is 24.7 Å². The Hall–Kier alpha value is -2.04. The van der Waals surface area contributed by atoms with Gasteiger partial charge < -0.3 is 0 Å². The van der Waals surface area contributed by atoms with Gasteiger partial charge in [0.05, 0.1) is 0 Å². The molecule has 0 atom stereocenters. The summed E-state index contributed by atoms with van der Waals surface area (Å²) in [6, 6.07) is 13.1. The Morgan fingerprint density at radius 1 is 1.04 bits per heavy atom. The molecule has 0 saturated carbocycles. The van der Waals surface area contributed by atoms with Gasteiger partial charge in [-0.05, 0) is 41.9 Å². The van der Waals surface area contributed by atoms with E-state index in [2.05, 4.69) is 87.0 Å². The minimum atomic E-state index is 0.432. The zero-order valence-electron chi connectivity index (χ0n) is 16.1. The Labute approximate surface area is 148 Å². The minimum Gasteiger partial charge on any atom is -0.298 e. The highest BCUT2D eigenvalue weighted by Gasteiger charge is 2.05. The average molecular weight is 322 g/mol. The molecular weight excluding hydrogens is 290 g/mol. The largest absolute Gasteiger partial charge is 0.298 e. The predicted octanol–water partition coefficient (Wildman–Crippen LogP) is 5.82. The fourth-order valence-electron chi connectivity index (χ4n) is 2.51. The van der Waals surface area contributed by atoms with Gasteiger partial charge in [-0.1, -0.05) is 82.0 Å². The second kappa shape index (κ2) is 10.7. The quantitative estimate of drug-likeness (QED) is 0.641. The average Bonchev–Trinajstić information content (AvgIpc) is 2.59. The van der Waals surface area contributed by atoms with E-state index in [0.717, 1.165) is 13.1 Å². The first-order valence-electron chi connectivity index (χ1n) is 8.89. The lowest BCUT2D eigenvalue weighted by atomic mass is 10.00. The Kier molecular flexibility index (Phi) is 8.90. The number of fused-ring (bicyclic) bond motifs is 1. The van der Waals surface area contributed by atoms with E-state index in [1.807, 2.05) is 19.9 Å². The molecule has 0 N–H and O–H groups in total. The summed E-state index contributed by atoms with van der Waals surface area (Å²) in [7, 11) is 2.15. The van der Waals surface area contributed by atoms with Gasteiger partial charge in [0, 0.05) is 19.0 Å². The van der Waals surface area contributed by atoms with Crippen LogP contribution in [0.15, 0.2) is 48.6 Å². The van der Waals surface area contributed by atoms with Crippen molar-refractivity contribution < 1.29 is 0 Å². The molecule has 0 fully saturated rings. The molecule has 0 radical (unpaired) electrons. The monoisotopic (exact) mass is 321 g/mol. The highest BCUT2D eigenvalue weighted by atomic mass is 15.1. The van der Waals surface area contributed by atoms with Crippen LogP contribution < -0.4 is 0 Å². The maximum Gasteiger partial charge on any atom is 0.0240 e. The summed E-state index contributed by atoms with van der Waals surface area (Å²) >= 11 is 0. The smallest absolute Gasteiger partial charge is 0.0240 e. The first-order valence-corrected chi connectivity index (χ1v) is 8.89. The molecule has 0 spiro atoms. The standard InChI is InChI=1S/C21H25N.C2H6/c1-17(2)10-6-5-9-15-22(4)16-19-14-13-18(3)20-11-7-8-12-21(19)20;1-2/h5,7-9,11-14,17H,15-16H2,1-4H3;1-2H3/b9-5+;. The van der Waals surface area contributed by atoms with E-state index < -0.39 is 0 Å². The van der Waals surface area contributed by atoms with Gasteiger partial charge in [0.15, 0.2) is 0 Å². The molecule has 0 unspecified atom stereocenters. The predicted molar refractivity (Wildman–Crippen MR) is 108 cm³/mol. The molecule has 128 valence electrons. The van der Waals surface area contributed by atoms with Gasteiger partial charge in [0.2, 0.25) is 0 Å². The SMILES string of the molecule is CC.Cc1ccc(CN(C)C/C=C/C#CC(C)C)c2ccccc12. The number of benzene rings is 2. The number of likely N-dealkylation sites (N-methyl/N-ethyl adjacent to an activating group) is 1. The zero-order chi connectivity index (χ0) is 17.9. The Morgan fingerprint density at radius 2 is 1.71 bits per heavy atom. The molecule has 0 aliphatic carbocycles. The van der Waals surface area contributed by atoms with Crippen LogP contribution in [0.2, 0.25) is 0 Å². The van der Waals surface area contributed by atoms with E-state index in [9.17, 15) is 0 Å². The molecule has 0 bridgehead atoms. The fourth-order valence-corrected chi connectivity index (χ4v) is 2.51. The van der Waals surface area contributed by atoms with E-state index in [1.54, 1.807) is 0 Å². The van der Waals surface area contributed by atoms with Crippen LogP contribution in [0.1, 0.15) is 38.8 Å². The van der Waals surface area contributed by atoms with Gasteiger partial charge in [0.1, 0.15) is 0 Å². The fraction of sp³-hybridized carbons (Fsp3) is 0.391. The molecule has 0 aliphatic rings. The Balaban J connectivity index is 0.00000139. The maximum atomic E-state index is 3.14. The van der Waals surface area contributed by atoms with E-state index in [4.69, 9.17) is 0 Å². The van der Waals surface area contributed by atoms with Gasteiger partial charge >= 0.3 is 0 Å². The second-order valence-corrected chi connectivity index (χ2v) is 6.13. The van der Waals surface area contributed by atoms with Crippen LogP contribution in [0.25, 0.3) is 10.8 Å². The lowest BCUT2D eigenvalue weighted by molar-refractivity contribution is 0.365. The molecule has 1 heteroatoms. The number of rotatable bonds is 4. The number of aryl methyl sites for hydroxylation is 1. The molecule has 0 saturated heterocycles. The van der Waals surface area contributed by atoms with Crippen molar-refractivity contribution in [2.45, 2.75) is 41.2 Å². The molecule has 2 aromatic carbocycles. The lowest BCUT2D eigenvalue weighted by Crippen LogP contribution is -2.17. The van der Waals surface area contributed by atoms with Crippen molar-refractivity contribution in [3.8, 4) is 11.8 Å². The van der Waals surface area contributed by atoms with Gasteiger partial charge in [-0.3, -0.25) is 4.90 Å². The molecule has 2 rings (SSSR count). The normalized spacial score (nSPS) is 10.7. The van der Waals surface area contributed by atoms with Crippen molar-refractivity contribution in [2.75, 3.05) is 13.6 Å². The molecule has 1 nitrogen and oxygen atoms in total. The summed E-state index contributed by atoms with van der Waals surface area (Å²) in [5, 5.41) is 2.71. The van der Waals surface area contributed by atoms with Gasteiger partial charge in [-0.25, -0.2) is 0 Å². The summed E-state index contributed by atoms with van der Waals surface area (Å²) in [5.41, 5.74) is 2.72. The highest BCUT2D eigenvalue weighted by molar-refractivity contribution is 5.88. The Bertz CT molecular complexity index is 714. The molecule has 0 heterocycles. The van der Waals surface area contributed by atoms with Crippen LogP contribution in [-0.4, -0.2) is 18.5 Å². The van der Waals surface area contributed by atoms with Crippen molar-refractivity contribution in [1.82, 2.24) is 4.90 Å². The van der Waals surface area contributed by atoms with E-state index in [-0.39, 0.29) is 0 Å². The van der Waals surface area contributed by atoms with E-state index in [0.29, 0.717) is 5.92 Å². The van der Waals surface area contributed by atoms with Crippen molar-refractivity contribution >= 4 is 10.8 Å². The number of hydrogen-bond acceptors (Lipinski definition) is 1. The van der Waals surface area contributed by atoms with Gasteiger partial charge in [-0.15, -0.1) is 0 Å². The summed E-state index contributed by atoms with van der Waals surface area (Å²) in [6.45, 7) is 12.2. The Morgan fingerprint density at radius 3 is 2.38 bits per heavy atom. The lowest BCUT2D eigenvalue weighted by Gasteiger charge is -2.16. The second-order valence-electron chi connectivity index (χ2n) is 6.13. The molecule has 0 aliphatic heterocycles. The molecule has 2 aromatic rings. The third-order valence-electron chi connectivity index (χ3n) is 3.66. The first-order chi connectivity index (χ1) is 11.6. The number of hydrogen-bond donors (Lipinski definition) is 0. The first kappa shape index (κ1) is 20.0. The maximum absolute atomic E-state index is 3.14. The van der Waals surface area contributed by atoms with Crippen molar-refractivity contribution in [3.05, 3.63) is 59.7 Å². The topological polar surface area (TPSA) is 3.24 Å². The summed E-state index contributed by atoms with van der Waals surface area (Å²) in [6.07, 6.45) is 4.09. The summed E-state index contributed by atoms with van der Waals surface area (Å²) in [4.78, 5) is 2.31. The van der Waals surface area contributed by atoms with E-state index in [1.165, 1.54) is 21.9 Å². The van der Waals surface area contributed by atoms with E-state index >= 15 is 0 Å². The third-order valence-corrected chi connectivity index (χ3v) is 3.66. The molecule has 0 amide bonds. The van der Waals surface area contributed by atoms with Crippen LogP contribution >= 0.6 is 0 Å². The van der Waals surface area contributed by atoms with Gasteiger partial charge in [0.25, 0.3) is 0 Å². The summed E-state index contributed by atoms with van der Waals surface area (Å²) < 4.78 is 0. The number of allylic oxidation sites excluding steroid dienone is 1. The molecule has 0 aromatic heterocycles.